The van der Waals surface area contributed by atoms with Crippen LogP contribution in [-0.4, -0.2) is 19.5 Å². The van der Waals surface area contributed by atoms with E-state index >= 15 is 0 Å². The Morgan fingerprint density at radius 1 is 1.17 bits per heavy atom. The zero-order chi connectivity index (χ0) is 17.4. The van der Waals surface area contributed by atoms with E-state index in [1.165, 1.54) is 6.08 Å². The quantitative estimate of drug-likeness (QED) is 0.605. The number of sulfone groups is 1. The molecule has 0 saturated carbocycles. The molecule has 0 fully saturated rings. The molecule has 0 heterocycles. The Balaban J connectivity index is 2.15. The molecule has 0 radical (unpaired) electrons. The van der Waals surface area contributed by atoms with Crippen LogP contribution >= 0.6 is 0 Å². The summed E-state index contributed by atoms with van der Waals surface area (Å²) in [6.45, 7) is 5.94. The summed E-state index contributed by atoms with van der Waals surface area (Å²) < 4.78 is 26.6. The molecule has 3 rings (SSSR count). The highest BCUT2D eigenvalue weighted by molar-refractivity contribution is 7.92. The van der Waals surface area contributed by atoms with Crippen LogP contribution in [0.2, 0.25) is 0 Å². The summed E-state index contributed by atoms with van der Waals surface area (Å²) in [7, 11) is -3.55. The Labute approximate surface area is 143 Å². The van der Waals surface area contributed by atoms with Gasteiger partial charge in [-0.25, -0.2) is 8.42 Å². The van der Waals surface area contributed by atoms with E-state index in [9.17, 15) is 13.2 Å². The van der Waals surface area contributed by atoms with Crippen molar-refractivity contribution in [3.05, 3.63) is 66.8 Å². The SMILES string of the molecule is C=C1C(=O)C=C[C@@]2(C)/C=C\CCC[C@@H](S(=O)(=O)c3ccccc3)[C@@H]12. The maximum absolute atomic E-state index is 13.3. The molecule has 24 heavy (non-hydrogen) atoms. The molecule has 2 aliphatic carbocycles. The molecular weight excluding hydrogens is 320 g/mol. The number of carbonyl (C=O) groups is 1. The van der Waals surface area contributed by atoms with Crippen molar-refractivity contribution in [1.29, 1.82) is 0 Å². The van der Waals surface area contributed by atoms with Crippen molar-refractivity contribution in [3.63, 3.8) is 0 Å². The standard InChI is InChI=1S/C20H22O3S/c1-15-17(21)12-14-20(2)13-8-4-7-11-18(19(15)20)24(22,23)16-9-5-3-6-10-16/h3,5-6,8-10,12-14,18-19H,1,4,7,11H2,2H3/b13-8-/t18-,19-,20-/m1/s1. The van der Waals surface area contributed by atoms with Gasteiger partial charge in [-0.15, -0.1) is 0 Å². The number of benzene rings is 1. The molecule has 0 aliphatic heterocycles. The van der Waals surface area contributed by atoms with E-state index in [1.807, 2.05) is 19.1 Å². The predicted octanol–water partition coefficient (Wildman–Crippen LogP) is 3.89. The lowest BCUT2D eigenvalue weighted by atomic mass is 9.66. The summed E-state index contributed by atoms with van der Waals surface area (Å²) in [4.78, 5) is 12.5. The van der Waals surface area contributed by atoms with E-state index in [0.29, 0.717) is 16.9 Å². The van der Waals surface area contributed by atoms with Gasteiger partial charge in [-0.1, -0.05) is 49.9 Å². The second-order valence-corrected chi connectivity index (χ2v) is 8.96. The van der Waals surface area contributed by atoms with Crippen LogP contribution in [-0.2, 0) is 14.6 Å². The van der Waals surface area contributed by atoms with Crippen molar-refractivity contribution in [2.75, 3.05) is 0 Å². The topological polar surface area (TPSA) is 51.2 Å². The second-order valence-electron chi connectivity index (χ2n) is 6.80. The summed E-state index contributed by atoms with van der Waals surface area (Å²) in [5.74, 6) is -0.600. The smallest absolute Gasteiger partial charge is 0.181 e. The third-order valence-electron chi connectivity index (χ3n) is 5.13. The van der Waals surface area contributed by atoms with Crippen LogP contribution in [0.1, 0.15) is 26.2 Å². The zero-order valence-electron chi connectivity index (χ0n) is 13.8. The van der Waals surface area contributed by atoms with Crippen molar-refractivity contribution in [2.45, 2.75) is 36.3 Å². The average molecular weight is 342 g/mol. The third-order valence-corrected chi connectivity index (χ3v) is 7.37. The molecule has 126 valence electrons. The fourth-order valence-corrected chi connectivity index (χ4v) is 6.02. The van der Waals surface area contributed by atoms with E-state index in [2.05, 4.69) is 12.7 Å². The lowest BCUT2D eigenvalue weighted by molar-refractivity contribution is -0.112. The third kappa shape index (κ3) is 2.80. The second kappa shape index (κ2) is 6.17. The van der Waals surface area contributed by atoms with Gasteiger partial charge in [-0.3, -0.25) is 4.79 Å². The van der Waals surface area contributed by atoms with Gasteiger partial charge >= 0.3 is 0 Å². The first-order valence-corrected chi connectivity index (χ1v) is 9.80. The van der Waals surface area contributed by atoms with Gasteiger partial charge in [0.25, 0.3) is 0 Å². The molecule has 0 bridgehead atoms. The Hall–Kier alpha value is -1.94. The number of ketones is 1. The highest BCUT2D eigenvalue weighted by atomic mass is 32.2. The molecule has 1 aromatic carbocycles. The predicted molar refractivity (Wildman–Crippen MR) is 95.3 cm³/mol. The number of hydrogen-bond acceptors (Lipinski definition) is 3. The first-order chi connectivity index (χ1) is 11.4. The van der Waals surface area contributed by atoms with Gasteiger partial charge in [-0.05, 0) is 43.0 Å². The van der Waals surface area contributed by atoms with Crippen LogP contribution in [0.4, 0.5) is 0 Å². The van der Waals surface area contributed by atoms with Gasteiger partial charge in [0.1, 0.15) is 0 Å². The molecule has 0 N–H and O–H groups in total. The van der Waals surface area contributed by atoms with Crippen molar-refractivity contribution in [1.82, 2.24) is 0 Å². The Bertz CT molecular complexity index is 818. The molecule has 4 heteroatoms. The Morgan fingerprint density at radius 2 is 1.88 bits per heavy atom. The molecular formula is C20H22O3S. The van der Waals surface area contributed by atoms with Crippen LogP contribution in [0.5, 0.6) is 0 Å². The molecule has 3 nitrogen and oxygen atoms in total. The van der Waals surface area contributed by atoms with Gasteiger partial charge in [0.05, 0.1) is 10.1 Å². The number of carbonyl (C=O) groups excluding carboxylic acids is 1. The summed E-state index contributed by atoms with van der Waals surface area (Å²) in [5.41, 5.74) is -0.103. The Kier molecular flexibility index (Phi) is 4.35. The fraction of sp³-hybridized carbons (Fsp3) is 0.350. The first kappa shape index (κ1) is 16.9. The lowest BCUT2D eigenvalue weighted by Gasteiger charge is -2.42. The molecule has 0 aromatic heterocycles. The number of allylic oxidation sites excluding steroid dienone is 5. The van der Waals surface area contributed by atoms with Crippen LogP contribution in [0.25, 0.3) is 0 Å². The van der Waals surface area contributed by atoms with Crippen LogP contribution < -0.4 is 0 Å². The molecule has 0 amide bonds. The molecule has 0 unspecified atom stereocenters. The fourth-order valence-electron chi connectivity index (χ4n) is 3.84. The lowest BCUT2D eigenvalue weighted by Crippen LogP contribution is -2.43. The van der Waals surface area contributed by atoms with Crippen molar-refractivity contribution >= 4 is 15.6 Å². The van der Waals surface area contributed by atoms with Gasteiger partial charge in [0, 0.05) is 11.3 Å². The summed E-state index contributed by atoms with van der Waals surface area (Å²) in [6, 6.07) is 8.52. The van der Waals surface area contributed by atoms with Gasteiger partial charge in [0.2, 0.25) is 0 Å². The first-order valence-electron chi connectivity index (χ1n) is 8.25. The van der Waals surface area contributed by atoms with E-state index in [-0.39, 0.29) is 5.78 Å². The van der Waals surface area contributed by atoms with Crippen molar-refractivity contribution in [2.24, 2.45) is 11.3 Å². The largest absolute Gasteiger partial charge is 0.290 e. The van der Waals surface area contributed by atoms with Crippen molar-refractivity contribution < 1.29 is 13.2 Å². The van der Waals surface area contributed by atoms with E-state index < -0.39 is 26.4 Å². The minimum Gasteiger partial charge on any atom is -0.290 e. The highest BCUT2D eigenvalue weighted by Gasteiger charge is 2.47. The summed E-state index contributed by atoms with van der Waals surface area (Å²) >= 11 is 0. The molecule has 0 saturated heterocycles. The minimum atomic E-state index is -3.55. The van der Waals surface area contributed by atoms with Crippen LogP contribution in [0.3, 0.4) is 0 Å². The number of rotatable bonds is 2. The van der Waals surface area contributed by atoms with E-state index in [4.69, 9.17) is 0 Å². The molecule has 0 spiro atoms. The summed E-state index contributed by atoms with van der Waals surface area (Å²) in [6.07, 6.45) is 9.65. The monoisotopic (exact) mass is 342 g/mol. The van der Waals surface area contributed by atoms with Crippen LogP contribution in [0.15, 0.2) is 71.7 Å². The normalized spacial score (nSPS) is 31.9. The van der Waals surface area contributed by atoms with E-state index in [1.54, 1.807) is 30.3 Å². The van der Waals surface area contributed by atoms with Gasteiger partial charge < -0.3 is 0 Å². The van der Waals surface area contributed by atoms with Gasteiger partial charge in [0.15, 0.2) is 15.6 Å². The maximum atomic E-state index is 13.3. The zero-order valence-corrected chi connectivity index (χ0v) is 14.6. The molecule has 3 atom stereocenters. The Morgan fingerprint density at radius 3 is 2.58 bits per heavy atom. The summed E-state index contributed by atoms with van der Waals surface area (Å²) in [5, 5.41) is -0.642. The number of fused-ring (bicyclic) bond motifs is 1. The maximum Gasteiger partial charge on any atom is 0.181 e. The van der Waals surface area contributed by atoms with E-state index in [0.717, 1.165) is 12.8 Å². The van der Waals surface area contributed by atoms with Crippen LogP contribution in [0, 0.1) is 11.3 Å². The highest BCUT2D eigenvalue weighted by Crippen LogP contribution is 2.46. The minimum absolute atomic E-state index is 0.167. The molecule has 1 aromatic rings. The van der Waals surface area contributed by atoms with Gasteiger partial charge in [-0.2, -0.15) is 0 Å². The molecule has 2 aliphatic rings. The van der Waals surface area contributed by atoms with Crippen molar-refractivity contribution in [3.8, 4) is 0 Å². The average Bonchev–Trinajstić information content (AvgIpc) is 2.55. The number of hydrogen-bond donors (Lipinski definition) is 0.